The van der Waals surface area contributed by atoms with Crippen molar-refractivity contribution in [3.8, 4) is 5.75 Å². The molecule has 0 aromatic heterocycles. The van der Waals surface area contributed by atoms with Crippen LogP contribution in [0.25, 0.3) is 0 Å². The van der Waals surface area contributed by atoms with Crippen LogP contribution in [-0.4, -0.2) is 38.2 Å². The minimum atomic E-state index is 0. The summed E-state index contributed by atoms with van der Waals surface area (Å²) in [6.45, 7) is 8.02. The fourth-order valence-corrected chi connectivity index (χ4v) is 3.58. The van der Waals surface area contributed by atoms with Crippen LogP contribution in [0, 0.1) is 12.3 Å². The zero-order chi connectivity index (χ0) is 13.3. The van der Waals surface area contributed by atoms with Gasteiger partial charge in [-0.25, -0.2) is 0 Å². The van der Waals surface area contributed by atoms with Crippen molar-refractivity contribution in [2.24, 2.45) is 5.41 Å². The van der Waals surface area contributed by atoms with Crippen LogP contribution in [0.1, 0.15) is 24.0 Å². The van der Waals surface area contributed by atoms with E-state index in [4.69, 9.17) is 4.74 Å². The van der Waals surface area contributed by atoms with E-state index >= 15 is 0 Å². The van der Waals surface area contributed by atoms with Crippen LogP contribution in [0.15, 0.2) is 18.2 Å². The van der Waals surface area contributed by atoms with E-state index in [1.165, 1.54) is 50.1 Å². The fraction of sp³-hybridized carbons (Fsp3) is 0.625. The maximum atomic E-state index is 5.49. The molecule has 3 rings (SSSR count). The van der Waals surface area contributed by atoms with Crippen molar-refractivity contribution in [2.75, 3.05) is 33.3 Å². The number of halogens is 1. The maximum absolute atomic E-state index is 5.49. The van der Waals surface area contributed by atoms with Crippen molar-refractivity contribution in [1.29, 1.82) is 0 Å². The quantitative estimate of drug-likeness (QED) is 0.928. The second kappa shape index (κ2) is 6.33. The van der Waals surface area contributed by atoms with Gasteiger partial charge in [0.2, 0.25) is 0 Å². The second-order valence-electron chi connectivity index (χ2n) is 6.20. The van der Waals surface area contributed by atoms with Gasteiger partial charge in [0, 0.05) is 25.2 Å². The van der Waals surface area contributed by atoms with Gasteiger partial charge < -0.3 is 10.1 Å². The van der Waals surface area contributed by atoms with Crippen molar-refractivity contribution in [3.63, 3.8) is 0 Å². The Morgan fingerprint density at radius 1 is 1.35 bits per heavy atom. The van der Waals surface area contributed by atoms with E-state index in [0.29, 0.717) is 5.41 Å². The van der Waals surface area contributed by atoms with Gasteiger partial charge in [0.05, 0.1) is 7.11 Å². The van der Waals surface area contributed by atoms with Crippen LogP contribution in [0.5, 0.6) is 5.75 Å². The smallest absolute Gasteiger partial charge is 0.123 e. The average molecular weight is 297 g/mol. The molecule has 1 N–H and O–H groups in total. The van der Waals surface area contributed by atoms with Gasteiger partial charge in [0.15, 0.2) is 0 Å². The zero-order valence-corrected chi connectivity index (χ0v) is 13.3. The summed E-state index contributed by atoms with van der Waals surface area (Å²) in [7, 11) is 1.76. The third-order valence-electron chi connectivity index (χ3n) is 4.68. The number of methoxy groups -OCH3 is 1. The Hall–Kier alpha value is -0.770. The van der Waals surface area contributed by atoms with Gasteiger partial charge in [-0.05, 0) is 44.3 Å². The first-order chi connectivity index (χ1) is 9.21. The Kier molecular flexibility index (Phi) is 4.95. The fourth-order valence-electron chi connectivity index (χ4n) is 3.58. The molecule has 2 fully saturated rings. The largest absolute Gasteiger partial charge is 0.496 e. The Bertz CT molecular complexity index is 458. The molecule has 112 valence electrons. The molecule has 0 radical (unpaired) electrons. The first-order valence-electron chi connectivity index (χ1n) is 7.27. The van der Waals surface area contributed by atoms with Gasteiger partial charge in [-0.3, -0.25) is 4.90 Å². The van der Waals surface area contributed by atoms with E-state index in [9.17, 15) is 0 Å². The third-order valence-corrected chi connectivity index (χ3v) is 4.68. The number of nitrogens with one attached hydrogen (secondary N) is 1. The normalized spacial score (nSPS) is 25.9. The average Bonchev–Trinajstić information content (AvgIpc) is 3.01. The summed E-state index contributed by atoms with van der Waals surface area (Å²) in [5.41, 5.74) is 3.19. The van der Waals surface area contributed by atoms with Crippen LogP contribution in [0.3, 0.4) is 0 Å². The molecule has 0 bridgehead atoms. The molecule has 2 aliphatic heterocycles. The standard InChI is InChI=1S/C16H24N2O.ClH/c1-13-3-4-15(19-2)14(9-13)10-18-8-6-16(12-18)5-7-17-11-16;/h3-4,9,17H,5-8,10-12H2,1-2H3;1H. The third kappa shape index (κ3) is 3.11. The lowest BCUT2D eigenvalue weighted by atomic mass is 9.86. The van der Waals surface area contributed by atoms with Crippen molar-refractivity contribution < 1.29 is 4.74 Å². The lowest BCUT2D eigenvalue weighted by Gasteiger charge is -2.23. The van der Waals surface area contributed by atoms with Gasteiger partial charge in [0.1, 0.15) is 5.75 Å². The first kappa shape index (κ1) is 15.6. The van der Waals surface area contributed by atoms with E-state index in [-0.39, 0.29) is 12.4 Å². The van der Waals surface area contributed by atoms with Gasteiger partial charge in [-0.15, -0.1) is 12.4 Å². The molecule has 1 unspecified atom stereocenters. The van der Waals surface area contributed by atoms with Gasteiger partial charge in [-0.1, -0.05) is 17.7 Å². The van der Waals surface area contributed by atoms with Gasteiger partial charge >= 0.3 is 0 Å². The summed E-state index contributed by atoms with van der Waals surface area (Å²) < 4.78 is 5.49. The monoisotopic (exact) mass is 296 g/mol. The number of aryl methyl sites for hydroxylation is 1. The summed E-state index contributed by atoms with van der Waals surface area (Å²) >= 11 is 0. The molecule has 0 aliphatic carbocycles. The molecule has 0 amide bonds. The second-order valence-corrected chi connectivity index (χ2v) is 6.20. The van der Waals surface area contributed by atoms with E-state index in [1.54, 1.807) is 7.11 Å². The highest BCUT2D eigenvalue weighted by atomic mass is 35.5. The molecule has 2 aliphatic rings. The van der Waals surface area contributed by atoms with E-state index in [0.717, 1.165) is 12.3 Å². The number of benzene rings is 1. The van der Waals surface area contributed by atoms with E-state index < -0.39 is 0 Å². The molecule has 2 saturated heterocycles. The molecule has 1 aromatic carbocycles. The minimum Gasteiger partial charge on any atom is -0.496 e. The highest BCUT2D eigenvalue weighted by molar-refractivity contribution is 5.85. The molecule has 20 heavy (non-hydrogen) atoms. The van der Waals surface area contributed by atoms with Crippen molar-refractivity contribution in [1.82, 2.24) is 10.2 Å². The lowest BCUT2D eigenvalue weighted by molar-refractivity contribution is 0.265. The van der Waals surface area contributed by atoms with Crippen LogP contribution in [-0.2, 0) is 6.54 Å². The first-order valence-corrected chi connectivity index (χ1v) is 7.27. The summed E-state index contributed by atoms with van der Waals surface area (Å²) in [6.07, 6.45) is 2.68. The highest BCUT2D eigenvalue weighted by Gasteiger charge is 2.40. The molecular weight excluding hydrogens is 272 g/mol. The summed E-state index contributed by atoms with van der Waals surface area (Å²) in [4.78, 5) is 2.59. The van der Waals surface area contributed by atoms with Crippen molar-refractivity contribution >= 4 is 12.4 Å². The molecule has 4 heteroatoms. The van der Waals surface area contributed by atoms with Gasteiger partial charge in [0.25, 0.3) is 0 Å². The van der Waals surface area contributed by atoms with E-state index in [2.05, 4.69) is 35.3 Å². The molecule has 1 aromatic rings. The number of rotatable bonds is 3. The number of hydrogen-bond acceptors (Lipinski definition) is 3. The Morgan fingerprint density at radius 2 is 2.20 bits per heavy atom. The number of ether oxygens (including phenoxy) is 1. The minimum absolute atomic E-state index is 0. The zero-order valence-electron chi connectivity index (χ0n) is 12.4. The number of hydrogen-bond donors (Lipinski definition) is 1. The molecule has 0 saturated carbocycles. The van der Waals surface area contributed by atoms with Crippen LogP contribution in [0.4, 0.5) is 0 Å². The predicted octanol–water partition coefficient (Wildman–Crippen LogP) is 2.61. The van der Waals surface area contributed by atoms with Gasteiger partial charge in [-0.2, -0.15) is 0 Å². The summed E-state index contributed by atoms with van der Waals surface area (Å²) in [5, 5.41) is 3.52. The Labute approximate surface area is 128 Å². The molecule has 3 nitrogen and oxygen atoms in total. The number of likely N-dealkylation sites (tertiary alicyclic amines) is 1. The maximum Gasteiger partial charge on any atom is 0.123 e. The Morgan fingerprint density at radius 3 is 2.90 bits per heavy atom. The number of nitrogens with zero attached hydrogens (tertiary/aromatic N) is 1. The molecule has 2 heterocycles. The SMILES string of the molecule is COc1ccc(C)cc1CN1CCC2(CCNC2)C1.Cl. The molecular formula is C16H25ClN2O. The topological polar surface area (TPSA) is 24.5 Å². The highest BCUT2D eigenvalue weighted by Crippen LogP contribution is 2.37. The molecule has 1 atom stereocenters. The van der Waals surface area contributed by atoms with E-state index in [1.807, 2.05) is 0 Å². The molecule has 1 spiro atoms. The lowest BCUT2D eigenvalue weighted by Crippen LogP contribution is -2.29. The van der Waals surface area contributed by atoms with Crippen molar-refractivity contribution in [3.05, 3.63) is 29.3 Å². The van der Waals surface area contributed by atoms with Crippen LogP contribution in [0.2, 0.25) is 0 Å². The Balaban J connectivity index is 0.00000147. The van der Waals surface area contributed by atoms with Crippen LogP contribution < -0.4 is 10.1 Å². The summed E-state index contributed by atoms with van der Waals surface area (Å²) in [6, 6.07) is 6.47. The summed E-state index contributed by atoms with van der Waals surface area (Å²) in [5.74, 6) is 1.02. The predicted molar refractivity (Wildman–Crippen MR) is 84.8 cm³/mol. The van der Waals surface area contributed by atoms with Crippen molar-refractivity contribution in [2.45, 2.75) is 26.3 Å². The van der Waals surface area contributed by atoms with Crippen LogP contribution >= 0.6 is 12.4 Å².